The Labute approximate surface area is 118 Å². The topological polar surface area (TPSA) is 72.6 Å². The molecule has 2 N–H and O–H groups in total. The molecule has 114 valence electrons. The first-order chi connectivity index (χ1) is 9.74. The SMILES string of the molecule is NC(=O)C1CC(=O)N(Cc2ccc(OC(F)(F)F)cc2)C1. The highest BCUT2D eigenvalue weighted by Crippen LogP contribution is 2.24. The number of nitrogens with zero attached hydrogens (tertiary/aromatic N) is 1. The number of ether oxygens (including phenoxy) is 1. The highest BCUT2D eigenvalue weighted by atomic mass is 19.4. The van der Waals surface area contributed by atoms with E-state index in [2.05, 4.69) is 4.74 Å². The Kier molecular flexibility index (Phi) is 4.06. The fourth-order valence-electron chi connectivity index (χ4n) is 2.13. The molecule has 1 unspecified atom stereocenters. The van der Waals surface area contributed by atoms with E-state index in [1.165, 1.54) is 29.2 Å². The van der Waals surface area contributed by atoms with Crippen LogP contribution < -0.4 is 10.5 Å². The molecule has 0 saturated carbocycles. The van der Waals surface area contributed by atoms with E-state index >= 15 is 0 Å². The molecule has 1 aliphatic heterocycles. The molecule has 1 aliphatic rings. The minimum atomic E-state index is -4.73. The van der Waals surface area contributed by atoms with Crippen molar-refractivity contribution in [2.24, 2.45) is 11.7 Å². The predicted octanol–water partition coefficient (Wildman–Crippen LogP) is 1.42. The summed E-state index contributed by atoms with van der Waals surface area (Å²) in [5.74, 6) is -1.56. The van der Waals surface area contributed by atoms with Gasteiger partial charge in [-0.05, 0) is 17.7 Å². The molecule has 5 nitrogen and oxygen atoms in total. The normalized spacial score (nSPS) is 18.9. The minimum Gasteiger partial charge on any atom is -0.406 e. The van der Waals surface area contributed by atoms with E-state index in [1.807, 2.05) is 0 Å². The van der Waals surface area contributed by atoms with E-state index in [0.717, 1.165) is 0 Å². The van der Waals surface area contributed by atoms with Gasteiger partial charge in [-0.1, -0.05) is 12.1 Å². The first kappa shape index (κ1) is 15.1. The van der Waals surface area contributed by atoms with Crippen molar-refractivity contribution in [3.05, 3.63) is 29.8 Å². The van der Waals surface area contributed by atoms with Crippen LogP contribution in [0.3, 0.4) is 0 Å². The van der Waals surface area contributed by atoms with Crippen molar-refractivity contribution in [3.8, 4) is 5.75 Å². The van der Waals surface area contributed by atoms with Crippen LogP contribution >= 0.6 is 0 Å². The van der Waals surface area contributed by atoms with Crippen molar-refractivity contribution in [2.75, 3.05) is 6.54 Å². The number of primary amides is 1. The maximum absolute atomic E-state index is 12.0. The van der Waals surface area contributed by atoms with Crippen molar-refractivity contribution < 1.29 is 27.5 Å². The van der Waals surface area contributed by atoms with Crippen molar-refractivity contribution in [3.63, 3.8) is 0 Å². The monoisotopic (exact) mass is 302 g/mol. The van der Waals surface area contributed by atoms with Crippen molar-refractivity contribution in [1.82, 2.24) is 4.90 Å². The number of likely N-dealkylation sites (tertiary alicyclic amines) is 1. The van der Waals surface area contributed by atoms with Gasteiger partial charge in [-0.25, -0.2) is 0 Å². The standard InChI is InChI=1S/C13H13F3N2O3/c14-13(15,16)21-10-3-1-8(2-4-10)6-18-7-9(12(17)20)5-11(18)19/h1-4,9H,5-7H2,(H2,17,20). The molecule has 0 spiro atoms. The molecule has 1 aromatic carbocycles. The highest BCUT2D eigenvalue weighted by Gasteiger charge is 2.33. The van der Waals surface area contributed by atoms with Crippen LogP contribution in [0.5, 0.6) is 5.75 Å². The fourth-order valence-corrected chi connectivity index (χ4v) is 2.13. The number of halogens is 3. The smallest absolute Gasteiger partial charge is 0.406 e. The van der Waals surface area contributed by atoms with Gasteiger partial charge in [0.25, 0.3) is 0 Å². The van der Waals surface area contributed by atoms with Gasteiger partial charge in [-0.2, -0.15) is 0 Å². The van der Waals surface area contributed by atoms with Crippen LogP contribution in [-0.4, -0.2) is 29.6 Å². The number of alkyl halides is 3. The molecule has 2 rings (SSSR count). The summed E-state index contributed by atoms with van der Waals surface area (Å²) in [6.45, 7) is 0.448. The van der Waals surface area contributed by atoms with Gasteiger partial charge in [0.2, 0.25) is 11.8 Å². The lowest BCUT2D eigenvalue weighted by Crippen LogP contribution is -2.28. The second-order valence-corrected chi connectivity index (χ2v) is 4.77. The first-order valence-electron chi connectivity index (χ1n) is 6.16. The summed E-state index contributed by atoms with van der Waals surface area (Å²) >= 11 is 0. The molecule has 1 heterocycles. The molecule has 1 atom stereocenters. The van der Waals surface area contributed by atoms with E-state index in [-0.39, 0.29) is 31.2 Å². The Morgan fingerprint density at radius 1 is 1.33 bits per heavy atom. The van der Waals surface area contributed by atoms with Crippen LogP contribution in [-0.2, 0) is 16.1 Å². The Morgan fingerprint density at radius 2 is 1.95 bits per heavy atom. The van der Waals surface area contributed by atoms with E-state index in [0.29, 0.717) is 5.56 Å². The first-order valence-corrected chi connectivity index (χ1v) is 6.16. The molecule has 1 saturated heterocycles. The van der Waals surface area contributed by atoms with E-state index in [9.17, 15) is 22.8 Å². The van der Waals surface area contributed by atoms with Gasteiger partial charge >= 0.3 is 6.36 Å². The molecule has 1 fully saturated rings. The Hall–Kier alpha value is -2.25. The summed E-state index contributed by atoms with van der Waals surface area (Å²) in [5.41, 5.74) is 5.79. The van der Waals surface area contributed by atoms with E-state index < -0.39 is 18.2 Å². The third-order valence-electron chi connectivity index (χ3n) is 3.15. The van der Waals surface area contributed by atoms with Crippen molar-refractivity contribution >= 4 is 11.8 Å². The van der Waals surface area contributed by atoms with Gasteiger partial charge in [-0.3, -0.25) is 9.59 Å². The maximum atomic E-state index is 12.0. The number of benzene rings is 1. The lowest BCUT2D eigenvalue weighted by Gasteiger charge is -2.16. The second kappa shape index (κ2) is 5.63. The molecule has 0 bridgehead atoms. The lowest BCUT2D eigenvalue weighted by atomic mass is 10.1. The van der Waals surface area contributed by atoms with Crippen LogP contribution in [0, 0.1) is 5.92 Å². The van der Waals surface area contributed by atoms with Crippen LogP contribution in [0.4, 0.5) is 13.2 Å². The van der Waals surface area contributed by atoms with Gasteiger partial charge in [0.1, 0.15) is 5.75 Å². The molecule has 8 heteroatoms. The quantitative estimate of drug-likeness (QED) is 0.914. The summed E-state index contributed by atoms with van der Waals surface area (Å²) in [6.07, 6.45) is -4.66. The average molecular weight is 302 g/mol. The summed E-state index contributed by atoms with van der Waals surface area (Å²) in [5, 5.41) is 0. The highest BCUT2D eigenvalue weighted by molar-refractivity contribution is 5.88. The third-order valence-corrected chi connectivity index (χ3v) is 3.15. The third kappa shape index (κ3) is 4.11. The molecule has 1 aromatic rings. The Balaban J connectivity index is 1.98. The zero-order valence-electron chi connectivity index (χ0n) is 10.9. The number of hydrogen-bond donors (Lipinski definition) is 1. The Bertz CT molecular complexity index is 543. The Morgan fingerprint density at radius 3 is 2.43 bits per heavy atom. The number of rotatable bonds is 4. The van der Waals surface area contributed by atoms with Crippen molar-refractivity contribution in [2.45, 2.75) is 19.3 Å². The number of amides is 2. The number of hydrogen-bond acceptors (Lipinski definition) is 3. The van der Waals surface area contributed by atoms with Crippen molar-refractivity contribution in [1.29, 1.82) is 0 Å². The van der Waals surface area contributed by atoms with Gasteiger partial charge in [-0.15, -0.1) is 13.2 Å². The molecule has 21 heavy (non-hydrogen) atoms. The maximum Gasteiger partial charge on any atom is 0.573 e. The summed E-state index contributed by atoms with van der Waals surface area (Å²) in [6, 6.07) is 5.22. The van der Waals surface area contributed by atoms with Gasteiger partial charge in [0, 0.05) is 19.5 Å². The minimum absolute atomic E-state index is 0.0740. The van der Waals surface area contributed by atoms with E-state index in [4.69, 9.17) is 5.73 Å². The van der Waals surface area contributed by atoms with Crippen LogP contribution in [0.1, 0.15) is 12.0 Å². The molecule has 2 amide bonds. The van der Waals surface area contributed by atoms with Gasteiger partial charge in [0.15, 0.2) is 0 Å². The second-order valence-electron chi connectivity index (χ2n) is 4.77. The summed E-state index contributed by atoms with van der Waals surface area (Å²) < 4.78 is 39.8. The molecular weight excluding hydrogens is 289 g/mol. The summed E-state index contributed by atoms with van der Waals surface area (Å²) in [4.78, 5) is 24.2. The molecular formula is C13H13F3N2O3. The molecule has 0 aromatic heterocycles. The van der Waals surface area contributed by atoms with Crippen LogP contribution in [0.15, 0.2) is 24.3 Å². The lowest BCUT2D eigenvalue weighted by molar-refractivity contribution is -0.274. The van der Waals surface area contributed by atoms with Gasteiger partial charge in [0.05, 0.1) is 5.92 Å². The largest absolute Gasteiger partial charge is 0.573 e. The van der Waals surface area contributed by atoms with Crippen LogP contribution in [0.25, 0.3) is 0 Å². The zero-order valence-corrected chi connectivity index (χ0v) is 10.9. The fraction of sp³-hybridized carbons (Fsp3) is 0.385. The zero-order chi connectivity index (χ0) is 15.6. The van der Waals surface area contributed by atoms with E-state index in [1.54, 1.807) is 0 Å². The average Bonchev–Trinajstić information content (AvgIpc) is 2.72. The number of carbonyl (C=O) groups is 2. The molecule has 0 aliphatic carbocycles. The van der Waals surface area contributed by atoms with Crippen LogP contribution in [0.2, 0.25) is 0 Å². The summed E-state index contributed by atoms with van der Waals surface area (Å²) in [7, 11) is 0. The number of carbonyl (C=O) groups excluding carboxylic acids is 2. The van der Waals surface area contributed by atoms with Gasteiger partial charge < -0.3 is 15.4 Å². The predicted molar refractivity (Wildman–Crippen MR) is 65.8 cm³/mol. The molecule has 0 radical (unpaired) electrons. The number of nitrogens with two attached hydrogens (primary N) is 1.